The van der Waals surface area contributed by atoms with E-state index in [-0.39, 0.29) is 36.9 Å². The molecule has 0 spiro atoms. The summed E-state index contributed by atoms with van der Waals surface area (Å²) in [7, 11) is 1.55. The van der Waals surface area contributed by atoms with Crippen LogP contribution in [-0.2, 0) is 19.1 Å². The number of carbonyl (C=O) groups excluding carboxylic acids is 3. The first kappa shape index (κ1) is 25.6. The summed E-state index contributed by atoms with van der Waals surface area (Å²) in [6.45, 7) is 13.2. The first-order valence-corrected chi connectivity index (χ1v) is 12.5. The van der Waals surface area contributed by atoms with Gasteiger partial charge in [0.1, 0.15) is 30.9 Å². The number of likely N-dealkylation sites (tertiary alicyclic amines) is 1. The third-order valence-corrected chi connectivity index (χ3v) is 7.43. The Kier molecular flexibility index (Phi) is 7.49. The van der Waals surface area contributed by atoms with Gasteiger partial charge < -0.3 is 29.5 Å². The Bertz CT molecular complexity index is 936. The summed E-state index contributed by atoms with van der Waals surface area (Å²) >= 11 is 0. The topological polar surface area (TPSA) is 91.4 Å². The zero-order valence-corrected chi connectivity index (χ0v) is 21.5. The molecule has 3 aliphatic rings. The number of Topliss-reactive ketones (excluding diaryl/α,β-unsaturated/α-hetero) is 1. The number of likely N-dealkylation sites (N-methyl/N-ethyl adjacent to an activating group) is 1. The number of hydrogen-bond donors (Lipinski definition) is 1. The van der Waals surface area contributed by atoms with E-state index in [9.17, 15) is 14.4 Å². The van der Waals surface area contributed by atoms with E-state index in [1.165, 1.54) is 4.90 Å². The number of ether oxygens (including phenoxy) is 2. The molecule has 1 aromatic rings. The van der Waals surface area contributed by atoms with Crippen molar-refractivity contribution in [1.29, 1.82) is 0 Å². The van der Waals surface area contributed by atoms with Crippen molar-refractivity contribution in [3.05, 3.63) is 29.8 Å². The molecule has 3 fully saturated rings. The molecule has 3 aliphatic heterocycles. The lowest BCUT2D eigenvalue weighted by Crippen LogP contribution is -2.57. The molecule has 9 heteroatoms. The number of methoxy groups -OCH3 is 1. The summed E-state index contributed by atoms with van der Waals surface area (Å²) in [5.41, 5.74) is 1.03. The highest BCUT2D eigenvalue weighted by molar-refractivity contribution is 5.99. The van der Waals surface area contributed by atoms with Crippen LogP contribution in [0.2, 0.25) is 0 Å². The molecule has 35 heavy (non-hydrogen) atoms. The molecule has 0 aliphatic carbocycles. The van der Waals surface area contributed by atoms with Gasteiger partial charge in [-0.2, -0.15) is 0 Å². The van der Waals surface area contributed by atoms with Gasteiger partial charge in [-0.3, -0.25) is 14.4 Å². The van der Waals surface area contributed by atoms with E-state index in [2.05, 4.69) is 22.0 Å². The van der Waals surface area contributed by atoms with E-state index in [0.29, 0.717) is 5.56 Å². The van der Waals surface area contributed by atoms with Gasteiger partial charge in [0.25, 0.3) is 5.91 Å². The van der Waals surface area contributed by atoms with Crippen molar-refractivity contribution in [2.45, 2.75) is 52.0 Å². The maximum atomic E-state index is 13.7. The van der Waals surface area contributed by atoms with Gasteiger partial charge in [0.05, 0.1) is 6.54 Å². The van der Waals surface area contributed by atoms with E-state index >= 15 is 0 Å². The summed E-state index contributed by atoms with van der Waals surface area (Å²) in [4.78, 5) is 45.6. The summed E-state index contributed by atoms with van der Waals surface area (Å²) in [5.74, 6) is -0.726. The molecule has 192 valence electrons. The van der Waals surface area contributed by atoms with Gasteiger partial charge in [-0.05, 0) is 36.2 Å². The number of ketones is 1. The van der Waals surface area contributed by atoms with Crippen LogP contribution in [0.5, 0.6) is 0 Å². The fourth-order valence-electron chi connectivity index (χ4n) is 5.22. The average Bonchev–Trinajstić information content (AvgIpc) is 3.41. The van der Waals surface area contributed by atoms with Gasteiger partial charge >= 0.3 is 0 Å². The largest absolute Gasteiger partial charge is 0.377 e. The lowest BCUT2D eigenvalue weighted by Gasteiger charge is -2.35. The molecule has 1 aromatic carbocycles. The summed E-state index contributed by atoms with van der Waals surface area (Å²) < 4.78 is 11.1. The van der Waals surface area contributed by atoms with Crippen LogP contribution in [0.3, 0.4) is 0 Å². The van der Waals surface area contributed by atoms with Crippen molar-refractivity contribution in [3.63, 3.8) is 0 Å². The third kappa shape index (κ3) is 5.22. The predicted octanol–water partition coefficient (Wildman–Crippen LogP) is 1.17. The molecule has 0 saturated carbocycles. The zero-order valence-electron chi connectivity index (χ0n) is 21.5. The molecule has 0 bridgehead atoms. The van der Waals surface area contributed by atoms with Gasteiger partial charge in [0.2, 0.25) is 5.91 Å². The molecular weight excluding hydrogens is 448 g/mol. The first-order valence-electron chi connectivity index (χ1n) is 12.5. The Morgan fingerprint density at radius 3 is 2.37 bits per heavy atom. The SMILES string of the molecule is CCN1CCN(c2ccc(C(=O)N[C@H](C(=O)N3C[C@@H](OC)[C@H]4OCC(=O)[C@H]43)C(C)(C)C)cc2)CC1. The Balaban J connectivity index is 1.46. The minimum atomic E-state index is -0.804. The van der Waals surface area contributed by atoms with Crippen LogP contribution < -0.4 is 10.2 Å². The number of nitrogens with one attached hydrogen (secondary N) is 1. The number of rotatable bonds is 6. The highest BCUT2D eigenvalue weighted by atomic mass is 16.5. The minimum absolute atomic E-state index is 0.0225. The van der Waals surface area contributed by atoms with Crippen molar-refractivity contribution in [2.75, 3.05) is 57.9 Å². The van der Waals surface area contributed by atoms with Gasteiger partial charge in [0.15, 0.2) is 5.78 Å². The maximum absolute atomic E-state index is 13.7. The normalized spacial score (nSPS) is 26.1. The van der Waals surface area contributed by atoms with Gasteiger partial charge in [-0.1, -0.05) is 27.7 Å². The van der Waals surface area contributed by atoms with Crippen molar-refractivity contribution in [2.24, 2.45) is 5.41 Å². The van der Waals surface area contributed by atoms with E-state index in [1.54, 1.807) is 7.11 Å². The second-order valence-corrected chi connectivity index (χ2v) is 10.7. The molecule has 0 aromatic heterocycles. The van der Waals surface area contributed by atoms with E-state index in [1.807, 2.05) is 45.0 Å². The minimum Gasteiger partial charge on any atom is -0.377 e. The standard InChI is InChI=1S/C26H38N4O5/c1-6-28-11-13-29(14-12-28)18-9-7-17(8-10-18)24(32)27-23(26(2,3)4)25(33)30-15-20(34-5)22-21(30)19(31)16-35-22/h7-10,20-23H,6,11-16H2,1-5H3,(H,27,32)/t20-,21-,22-,23-/m1/s1. The lowest BCUT2D eigenvalue weighted by atomic mass is 9.85. The number of anilines is 1. The molecule has 1 N–H and O–H groups in total. The number of hydrogen-bond acceptors (Lipinski definition) is 7. The maximum Gasteiger partial charge on any atom is 0.251 e. The molecule has 3 saturated heterocycles. The van der Waals surface area contributed by atoms with Crippen molar-refractivity contribution < 1.29 is 23.9 Å². The summed E-state index contributed by atoms with van der Waals surface area (Å²) in [6.07, 6.45) is -0.821. The zero-order chi connectivity index (χ0) is 25.3. The quantitative estimate of drug-likeness (QED) is 0.645. The monoisotopic (exact) mass is 486 g/mol. The smallest absolute Gasteiger partial charge is 0.251 e. The van der Waals surface area contributed by atoms with Crippen LogP contribution in [0.25, 0.3) is 0 Å². The van der Waals surface area contributed by atoms with Gasteiger partial charge in [-0.15, -0.1) is 0 Å². The second kappa shape index (κ2) is 10.2. The van der Waals surface area contributed by atoms with Gasteiger partial charge in [-0.25, -0.2) is 0 Å². The number of fused-ring (bicyclic) bond motifs is 1. The van der Waals surface area contributed by atoms with Crippen molar-refractivity contribution in [3.8, 4) is 0 Å². The Hall–Kier alpha value is -2.49. The highest BCUT2D eigenvalue weighted by Gasteiger charge is 2.54. The molecule has 0 unspecified atom stereocenters. The third-order valence-electron chi connectivity index (χ3n) is 7.43. The van der Waals surface area contributed by atoms with Crippen LogP contribution in [0.4, 0.5) is 5.69 Å². The van der Waals surface area contributed by atoms with Gasteiger partial charge in [0, 0.05) is 44.5 Å². The summed E-state index contributed by atoms with van der Waals surface area (Å²) in [6, 6.07) is 6.08. The average molecular weight is 487 g/mol. The molecule has 0 radical (unpaired) electrons. The van der Waals surface area contributed by atoms with Crippen LogP contribution >= 0.6 is 0 Å². The van der Waals surface area contributed by atoms with E-state index in [4.69, 9.17) is 9.47 Å². The van der Waals surface area contributed by atoms with Crippen LogP contribution in [0, 0.1) is 5.41 Å². The van der Waals surface area contributed by atoms with Crippen molar-refractivity contribution >= 4 is 23.3 Å². The number of carbonyl (C=O) groups is 3. The molecule has 9 nitrogen and oxygen atoms in total. The van der Waals surface area contributed by atoms with Crippen LogP contribution in [-0.4, -0.2) is 105 Å². The first-order chi connectivity index (χ1) is 16.6. The van der Waals surface area contributed by atoms with Crippen LogP contribution in [0.1, 0.15) is 38.1 Å². The lowest BCUT2D eigenvalue weighted by molar-refractivity contribution is -0.140. The number of nitrogens with zero attached hydrogens (tertiary/aromatic N) is 3. The Morgan fingerprint density at radius 2 is 1.80 bits per heavy atom. The Morgan fingerprint density at radius 1 is 1.14 bits per heavy atom. The number of amides is 2. The molecule has 4 rings (SSSR count). The fourth-order valence-corrected chi connectivity index (χ4v) is 5.22. The Labute approximate surface area is 207 Å². The molecule has 3 heterocycles. The van der Waals surface area contributed by atoms with E-state index < -0.39 is 23.6 Å². The molecular formula is C26H38N4O5. The molecule has 2 amide bonds. The number of piperazine rings is 1. The fraction of sp³-hybridized carbons (Fsp3) is 0.654. The van der Waals surface area contributed by atoms with E-state index in [0.717, 1.165) is 38.4 Å². The highest BCUT2D eigenvalue weighted by Crippen LogP contribution is 2.32. The van der Waals surface area contributed by atoms with Crippen LogP contribution in [0.15, 0.2) is 24.3 Å². The predicted molar refractivity (Wildman–Crippen MR) is 133 cm³/mol. The molecule has 4 atom stereocenters. The second-order valence-electron chi connectivity index (χ2n) is 10.7. The summed E-state index contributed by atoms with van der Waals surface area (Å²) in [5, 5.41) is 2.95. The van der Waals surface area contributed by atoms with Crippen molar-refractivity contribution in [1.82, 2.24) is 15.1 Å². The number of benzene rings is 1.